The minimum absolute atomic E-state index is 0.00398. The van der Waals surface area contributed by atoms with Crippen LogP contribution >= 0.6 is 0 Å². The highest BCUT2D eigenvalue weighted by atomic mass is 32.2. The van der Waals surface area contributed by atoms with Gasteiger partial charge in [0.25, 0.3) is 0 Å². The monoisotopic (exact) mass is 264 g/mol. The first-order valence-electron chi connectivity index (χ1n) is 5.98. The zero-order valence-electron chi connectivity index (χ0n) is 11.4. The summed E-state index contributed by atoms with van der Waals surface area (Å²) in [4.78, 5) is 13.5. The fourth-order valence-corrected chi connectivity index (χ4v) is 2.94. The van der Waals surface area contributed by atoms with Gasteiger partial charge in [-0.25, -0.2) is 8.42 Å². The van der Waals surface area contributed by atoms with Crippen LogP contribution in [0.4, 0.5) is 0 Å². The number of amides is 1. The largest absolute Gasteiger partial charge is 0.343 e. The molecule has 0 heterocycles. The molecule has 0 saturated heterocycles. The molecule has 0 aromatic rings. The number of hydrogen-bond donors (Lipinski definition) is 0. The molecule has 1 amide bonds. The number of sulfonamides is 1. The minimum Gasteiger partial charge on any atom is -0.343 e. The summed E-state index contributed by atoms with van der Waals surface area (Å²) >= 11 is 0. The summed E-state index contributed by atoms with van der Waals surface area (Å²) in [5.41, 5.74) is 0. The molecule has 0 atom stereocenters. The van der Waals surface area contributed by atoms with Gasteiger partial charge >= 0.3 is 0 Å². The second kappa shape index (κ2) is 6.96. The molecule has 0 aliphatic carbocycles. The maximum atomic E-state index is 11.8. The van der Waals surface area contributed by atoms with Crippen LogP contribution in [0.5, 0.6) is 0 Å². The molecule has 0 fully saturated rings. The van der Waals surface area contributed by atoms with E-state index in [9.17, 15) is 13.2 Å². The molecule has 0 radical (unpaired) electrons. The van der Waals surface area contributed by atoms with E-state index < -0.39 is 10.0 Å². The minimum atomic E-state index is -3.24. The summed E-state index contributed by atoms with van der Waals surface area (Å²) in [5, 5.41) is 0. The summed E-state index contributed by atoms with van der Waals surface area (Å²) < 4.78 is 24.3. The van der Waals surface area contributed by atoms with Gasteiger partial charge in [0.2, 0.25) is 15.9 Å². The van der Waals surface area contributed by atoms with Crippen molar-refractivity contribution < 1.29 is 13.2 Å². The van der Waals surface area contributed by atoms with Crippen LogP contribution in [0.1, 0.15) is 34.1 Å². The van der Waals surface area contributed by atoms with E-state index in [2.05, 4.69) is 0 Å². The average molecular weight is 264 g/mol. The first kappa shape index (κ1) is 16.4. The van der Waals surface area contributed by atoms with Crippen molar-refractivity contribution in [2.24, 2.45) is 0 Å². The Bertz CT molecular complexity index is 335. The van der Waals surface area contributed by atoms with E-state index >= 15 is 0 Å². The highest BCUT2D eigenvalue weighted by molar-refractivity contribution is 7.88. The molecule has 102 valence electrons. The lowest BCUT2D eigenvalue weighted by molar-refractivity contribution is -0.130. The Morgan fingerprint density at radius 1 is 1.18 bits per heavy atom. The Balaban J connectivity index is 4.48. The zero-order valence-corrected chi connectivity index (χ0v) is 12.2. The Morgan fingerprint density at radius 2 is 1.65 bits per heavy atom. The van der Waals surface area contributed by atoms with E-state index in [1.165, 1.54) is 10.6 Å². The fraction of sp³-hybridized carbons (Fsp3) is 0.909. The van der Waals surface area contributed by atoms with E-state index in [4.69, 9.17) is 0 Å². The SMILES string of the molecule is CCN(CC)C(=O)CCN(C(C)C)S(C)(=O)=O. The van der Waals surface area contributed by atoms with Crippen molar-refractivity contribution >= 4 is 15.9 Å². The van der Waals surface area contributed by atoms with Crippen molar-refractivity contribution in [3.8, 4) is 0 Å². The molecule has 0 spiro atoms. The van der Waals surface area contributed by atoms with E-state index in [1.807, 2.05) is 27.7 Å². The highest BCUT2D eigenvalue weighted by Gasteiger charge is 2.21. The second-order valence-electron chi connectivity index (χ2n) is 4.28. The smallest absolute Gasteiger partial charge is 0.223 e. The van der Waals surface area contributed by atoms with Crippen molar-refractivity contribution in [3.05, 3.63) is 0 Å². The molecule has 6 heteroatoms. The first-order valence-corrected chi connectivity index (χ1v) is 7.83. The normalized spacial score (nSPS) is 12.2. The molecule has 0 aliphatic heterocycles. The van der Waals surface area contributed by atoms with Crippen molar-refractivity contribution in [2.45, 2.75) is 40.2 Å². The van der Waals surface area contributed by atoms with Crippen molar-refractivity contribution in [1.29, 1.82) is 0 Å². The van der Waals surface area contributed by atoms with Gasteiger partial charge in [0.1, 0.15) is 0 Å². The van der Waals surface area contributed by atoms with Crippen molar-refractivity contribution in [3.63, 3.8) is 0 Å². The lowest BCUT2D eigenvalue weighted by Gasteiger charge is -2.25. The van der Waals surface area contributed by atoms with Crippen LogP contribution in [0, 0.1) is 0 Å². The average Bonchev–Trinajstić information content (AvgIpc) is 2.17. The Morgan fingerprint density at radius 3 is 1.94 bits per heavy atom. The molecule has 5 nitrogen and oxygen atoms in total. The summed E-state index contributed by atoms with van der Waals surface area (Å²) in [5.74, 6) is 0.00398. The third kappa shape index (κ3) is 5.50. The predicted octanol–water partition coefficient (Wildman–Crippen LogP) is 0.915. The van der Waals surface area contributed by atoms with Crippen LogP contribution in [-0.4, -0.2) is 55.5 Å². The van der Waals surface area contributed by atoms with Crippen molar-refractivity contribution in [2.75, 3.05) is 25.9 Å². The standard InChI is InChI=1S/C11H24N2O3S/c1-6-12(7-2)11(14)8-9-13(10(3)4)17(5,15)16/h10H,6-9H2,1-5H3. The molecular formula is C11H24N2O3S. The number of carbonyl (C=O) groups is 1. The molecule has 0 N–H and O–H groups in total. The van der Waals surface area contributed by atoms with Gasteiger partial charge in [0.15, 0.2) is 0 Å². The predicted molar refractivity (Wildman–Crippen MR) is 69.2 cm³/mol. The number of nitrogens with zero attached hydrogens (tertiary/aromatic N) is 2. The quantitative estimate of drug-likeness (QED) is 0.687. The maximum absolute atomic E-state index is 11.8. The molecule has 0 aliphatic rings. The van der Waals surface area contributed by atoms with Gasteiger partial charge in [-0.1, -0.05) is 0 Å². The molecule has 0 unspecified atom stereocenters. The van der Waals surface area contributed by atoms with Gasteiger partial charge in [-0.15, -0.1) is 0 Å². The first-order chi connectivity index (χ1) is 7.73. The van der Waals surface area contributed by atoms with Crippen LogP contribution in [0.2, 0.25) is 0 Å². The van der Waals surface area contributed by atoms with E-state index in [-0.39, 0.29) is 24.9 Å². The van der Waals surface area contributed by atoms with E-state index in [0.29, 0.717) is 13.1 Å². The van der Waals surface area contributed by atoms with Gasteiger partial charge in [0.05, 0.1) is 6.26 Å². The molecule has 0 bridgehead atoms. The molecule has 0 aromatic carbocycles. The topological polar surface area (TPSA) is 57.7 Å². The Labute approximate surface area is 105 Å². The van der Waals surface area contributed by atoms with Gasteiger partial charge in [-0.05, 0) is 27.7 Å². The maximum Gasteiger partial charge on any atom is 0.223 e. The molecular weight excluding hydrogens is 240 g/mol. The molecule has 0 aromatic heterocycles. The fourth-order valence-electron chi connectivity index (χ4n) is 1.75. The van der Waals surface area contributed by atoms with Crippen LogP contribution < -0.4 is 0 Å². The Hall–Kier alpha value is -0.620. The highest BCUT2D eigenvalue weighted by Crippen LogP contribution is 2.07. The Kier molecular flexibility index (Phi) is 6.70. The van der Waals surface area contributed by atoms with Crippen molar-refractivity contribution in [1.82, 2.24) is 9.21 Å². The summed E-state index contributed by atoms with van der Waals surface area (Å²) in [7, 11) is -3.24. The lowest BCUT2D eigenvalue weighted by Crippen LogP contribution is -2.40. The number of carbonyl (C=O) groups excluding carboxylic acids is 1. The molecule has 0 saturated carbocycles. The lowest BCUT2D eigenvalue weighted by atomic mass is 10.3. The zero-order chi connectivity index (χ0) is 13.6. The van der Waals surface area contributed by atoms with Crippen LogP contribution in [0.15, 0.2) is 0 Å². The third-order valence-electron chi connectivity index (χ3n) is 2.66. The van der Waals surface area contributed by atoms with Crippen LogP contribution in [-0.2, 0) is 14.8 Å². The van der Waals surface area contributed by atoms with Gasteiger partial charge in [-0.3, -0.25) is 4.79 Å². The van der Waals surface area contributed by atoms with Gasteiger partial charge in [0, 0.05) is 32.1 Å². The summed E-state index contributed by atoms with van der Waals surface area (Å²) in [6, 6.07) is -0.116. The summed E-state index contributed by atoms with van der Waals surface area (Å²) in [6.45, 7) is 9.03. The van der Waals surface area contributed by atoms with Gasteiger partial charge < -0.3 is 4.90 Å². The molecule has 17 heavy (non-hydrogen) atoms. The number of hydrogen-bond acceptors (Lipinski definition) is 3. The number of rotatable bonds is 7. The van der Waals surface area contributed by atoms with Crippen LogP contribution in [0.25, 0.3) is 0 Å². The van der Waals surface area contributed by atoms with Gasteiger partial charge in [-0.2, -0.15) is 4.31 Å². The second-order valence-corrected chi connectivity index (χ2v) is 6.22. The van der Waals surface area contributed by atoms with Crippen LogP contribution in [0.3, 0.4) is 0 Å². The summed E-state index contributed by atoms with van der Waals surface area (Å²) in [6.07, 6.45) is 1.42. The van der Waals surface area contributed by atoms with E-state index in [0.717, 1.165) is 0 Å². The molecule has 0 rings (SSSR count). The van der Waals surface area contributed by atoms with E-state index in [1.54, 1.807) is 4.90 Å². The third-order valence-corrected chi connectivity index (χ3v) is 4.12.